The van der Waals surface area contributed by atoms with Gasteiger partial charge in [-0.1, -0.05) is 26.0 Å². The molecule has 0 fully saturated rings. The molecule has 1 aromatic carbocycles. The van der Waals surface area contributed by atoms with Gasteiger partial charge in [-0.15, -0.1) is 0 Å². The lowest BCUT2D eigenvalue weighted by molar-refractivity contribution is 0.138. The molecular weight excluding hydrogens is 226 g/mol. The minimum Gasteiger partial charge on any atom is -0.497 e. The summed E-state index contributed by atoms with van der Waals surface area (Å²) >= 11 is 0. The predicted molar refractivity (Wildman–Crippen MR) is 75.2 cm³/mol. The van der Waals surface area contributed by atoms with Gasteiger partial charge >= 0.3 is 0 Å². The van der Waals surface area contributed by atoms with E-state index in [0.29, 0.717) is 5.92 Å². The zero-order valence-corrected chi connectivity index (χ0v) is 11.7. The van der Waals surface area contributed by atoms with Crippen LogP contribution < -0.4 is 10.1 Å². The van der Waals surface area contributed by atoms with Gasteiger partial charge < -0.3 is 14.8 Å². The number of ether oxygens (including phenoxy) is 2. The average molecular weight is 251 g/mol. The third-order valence-corrected chi connectivity index (χ3v) is 2.67. The van der Waals surface area contributed by atoms with Crippen LogP contribution in [0.4, 0.5) is 0 Å². The molecule has 0 aliphatic rings. The van der Waals surface area contributed by atoms with Crippen molar-refractivity contribution in [3.8, 4) is 5.75 Å². The fourth-order valence-electron chi connectivity index (χ4n) is 1.62. The smallest absolute Gasteiger partial charge is 0.118 e. The Bertz CT molecular complexity index is 309. The maximum atomic E-state index is 5.58. The molecule has 1 aromatic rings. The molecule has 1 rings (SSSR count). The van der Waals surface area contributed by atoms with Crippen LogP contribution in [0.25, 0.3) is 0 Å². The summed E-state index contributed by atoms with van der Waals surface area (Å²) in [4.78, 5) is 0. The van der Waals surface area contributed by atoms with Gasteiger partial charge in [-0.05, 0) is 36.6 Å². The van der Waals surface area contributed by atoms with Crippen molar-refractivity contribution in [3.05, 3.63) is 29.8 Å². The van der Waals surface area contributed by atoms with E-state index in [4.69, 9.17) is 9.47 Å². The number of benzene rings is 1. The van der Waals surface area contributed by atoms with E-state index in [0.717, 1.165) is 38.5 Å². The van der Waals surface area contributed by atoms with Crippen LogP contribution in [0.1, 0.15) is 19.4 Å². The number of hydrogen-bond donors (Lipinski definition) is 1. The molecule has 0 saturated carbocycles. The number of nitrogens with one attached hydrogen (secondary N) is 1. The van der Waals surface area contributed by atoms with E-state index in [-0.39, 0.29) is 0 Å². The highest BCUT2D eigenvalue weighted by molar-refractivity contribution is 5.27. The van der Waals surface area contributed by atoms with Crippen LogP contribution in [0, 0.1) is 5.92 Å². The average Bonchev–Trinajstić information content (AvgIpc) is 2.38. The van der Waals surface area contributed by atoms with E-state index in [1.807, 2.05) is 12.1 Å². The van der Waals surface area contributed by atoms with Crippen molar-refractivity contribution in [1.29, 1.82) is 0 Å². The van der Waals surface area contributed by atoms with Gasteiger partial charge in [-0.25, -0.2) is 0 Å². The Morgan fingerprint density at radius 2 is 1.83 bits per heavy atom. The maximum Gasteiger partial charge on any atom is 0.118 e. The summed E-state index contributed by atoms with van der Waals surface area (Å²) in [7, 11) is 1.68. The first-order valence-electron chi connectivity index (χ1n) is 6.63. The Hall–Kier alpha value is -1.06. The Morgan fingerprint density at radius 1 is 1.11 bits per heavy atom. The zero-order valence-electron chi connectivity index (χ0n) is 11.7. The van der Waals surface area contributed by atoms with Crippen LogP contribution >= 0.6 is 0 Å². The van der Waals surface area contributed by atoms with Crippen LogP contribution in [0.5, 0.6) is 5.75 Å². The molecule has 0 heterocycles. The second-order valence-corrected chi connectivity index (χ2v) is 4.81. The first kappa shape index (κ1) is 15.0. The molecule has 18 heavy (non-hydrogen) atoms. The number of rotatable bonds is 9. The molecular formula is C15H25NO2. The molecule has 102 valence electrons. The van der Waals surface area contributed by atoms with Crippen molar-refractivity contribution < 1.29 is 9.47 Å². The monoisotopic (exact) mass is 251 g/mol. The highest BCUT2D eigenvalue weighted by atomic mass is 16.5. The van der Waals surface area contributed by atoms with Crippen LogP contribution in [0.2, 0.25) is 0 Å². The van der Waals surface area contributed by atoms with Crippen LogP contribution in [-0.2, 0) is 11.2 Å². The van der Waals surface area contributed by atoms with Gasteiger partial charge in [0.25, 0.3) is 0 Å². The summed E-state index contributed by atoms with van der Waals surface area (Å²) in [6.07, 6.45) is 0.953. The third kappa shape index (κ3) is 6.62. The summed E-state index contributed by atoms with van der Waals surface area (Å²) in [6.45, 7) is 7.95. The van der Waals surface area contributed by atoms with Gasteiger partial charge in [0.05, 0.1) is 20.3 Å². The highest BCUT2D eigenvalue weighted by Crippen LogP contribution is 2.11. The van der Waals surface area contributed by atoms with Crippen molar-refractivity contribution in [1.82, 2.24) is 5.32 Å². The molecule has 0 aliphatic heterocycles. The van der Waals surface area contributed by atoms with Crippen LogP contribution in [-0.4, -0.2) is 33.4 Å². The first-order valence-corrected chi connectivity index (χ1v) is 6.63. The molecule has 0 aliphatic carbocycles. The first-order chi connectivity index (χ1) is 8.72. The quantitative estimate of drug-likeness (QED) is 0.684. The highest BCUT2D eigenvalue weighted by Gasteiger charge is 1.96. The van der Waals surface area contributed by atoms with Gasteiger partial charge in [0.1, 0.15) is 5.75 Å². The minimum atomic E-state index is 0.698. The van der Waals surface area contributed by atoms with E-state index in [2.05, 4.69) is 31.3 Å². The van der Waals surface area contributed by atoms with Crippen LogP contribution in [0.15, 0.2) is 24.3 Å². The minimum absolute atomic E-state index is 0.698. The molecule has 0 unspecified atom stereocenters. The van der Waals surface area contributed by atoms with Crippen molar-refractivity contribution in [3.63, 3.8) is 0 Å². The molecule has 0 bridgehead atoms. The molecule has 1 N–H and O–H groups in total. The van der Waals surface area contributed by atoms with E-state index in [9.17, 15) is 0 Å². The molecule has 0 atom stereocenters. The summed E-state index contributed by atoms with van der Waals surface area (Å²) in [6, 6.07) is 8.14. The summed E-state index contributed by atoms with van der Waals surface area (Å²) in [5.74, 6) is 1.60. The summed E-state index contributed by atoms with van der Waals surface area (Å²) in [5.41, 5.74) is 1.28. The Morgan fingerprint density at radius 3 is 2.44 bits per heavy atom. The van der Waals surface area contributed by atoms with E-state index in [1.165, 1.54) is 5.56 Å². The number of hydrogen-bond acceptors (Lipinski definition) is 3. The molecule has 0 spiro atoms. The van der Waals surface area contributed by atoms with Crippen molar-refractivity contribution >= 4 is 0 Å². The van der Waals surface area contributed by atoms with Crippen molar-refractivity contribution in [2.24, 2.45) is 5.92 Å². The Kier molecular flexibility index (Phi) is 7.46. The zero-order chi connectivity index (χ0) is 13.2. The molecule has 0 radical (unpaired) electrons. The van der Waals surface area contributed by atoms with E-state index in [1.54, 1.807) is 7.11 Å². The normalized spacial score (nSPS) is 10.9. The summed E-state index contributed by atoms with van der Waals surface area (Å²) < 4.78 is 10.7. The van der Waals surface area contributed by atoms with Gasteiger partial charge in [0.2, 0.25) is 0 Å². The van der Waals surface area contributed by atoms with Gasteiger partial charge in [0, 0.05) is 6.54 Å². The largest absolute Gasteiger partial charge is 0.497 e. The SMILES string of the molecule is COc1ccc(CCOCCNCC(C)C)cc1. The lowest BCUT2D eigenvalue weighted by Crippen LogP contribution is -2.24. The Balaban J connectivity index is 2.03. The molecule has 0 amide bonds. The second kappa shape index (κ2) is 8.95. The maximum absolute atomic E-state index is 5.58. The molecule has 3 nitrogen and oxygen atoms in total. The van der Waals surface area contributed by atoms with Gasteiger partial charge in [-0.2, -0.15) is 0 Å². The predicted octanol–water partition coefficient (Wildman–Crippen LogP) is 2.50. The fraction of sp³-hybridized carbons (Fsp3) is 0.600. The molecule has 0 saturated heterocycles. The van der Waals surface area contributed by atoms with Crippen molar-refractivity contribution in [2.75, 3.05) is 33.4 Å². The van der Waals surface area contributed by atoms with Crippen molar-refractivity contribution in [2.45, 2.75) is 20.3 Å². The summed E-state index contributed by atoms with van der Waals surface area (Å²) in [5, 5.41) is 3.36. The lowest BCUT2D eigenvalue weighted by atomic mass is 10.1. The molecule has 3 heteroatoms. The van der Waals surface area contributed by atoms with Gasteiger partial charge in [-0.3, -0.25) is 0 Å². The lowest BCUT2D eigenvalue weighted by Gasteiger charge is -2.08. The van der Waals surface area contributed by atoms with E-state index >= 15 is 0 Å². The topological polar surface area (TPSA) is 30.5 Å². The fourth-order valence-corrected chi connectivity index (χ4v) is 1.62. The standard InChI is InChI=1S/C15H25NO2/c1-13(2)12-16-9-11-18-10-8-14-4-6-15(17-3)7-5-14/h4-7,13,16H,8-12H2,1-3H3. The van der Waals surface area contributed by atoms with E-state index < -0.39 is 0 Å². The third-order valence-electron chi connectivity index (χ3n) is 2.67. The Labute approximate surface area is 110 Å². The van der Waals surface area contributed by atoms with Crippen LogP contribution in [0.3, 0.4) is 0 Å². The molecule has 0 aromatic heterocycles. The second-order valence-electron chi connectivity index (χ2n) is 4.81. The van der Waals surface area contributed by atoms with Gasteiger partial charge in [0.15, 0.2) is 0 Å². The number of methoxy groups -OCH3 is 1.